The van der Waals surface area contributed by atoms with Crippen LogP contribution in [-0.2, 0) is 0 Å². The molecule has 2 unspecified atom stereocenters. The van der Waals surface area contributed by atoms with E-state index in [0.29, 0.717) is 11.3 Å². The predicted molar refractivity (Wildman–Crippen MR) is 57.1 cm³/mol. The van der Waals surface area contributed by atoms with Crippen LogP contribution in [0.25, 0.3) is 0 Å². The Balaban J connectivity index is 2.20. The van der Waals surface area contributed by atoms with Crippen LogP contribution in [0, 0.1) is 0 Å². The highest BCUT2D eigenvalue weighted by Gasteiger charge is 2.31. The molecule has 0 aromatic rings. The first-order valence-electron chi connectivity index (χ1n) is 4.73. The maximum absolute atomic E-state index is 11.3. The molecule has 0 spiro atoms. The van der Waals surface area contributed by atoms with Gasteiger partial charge in [-0.3, -0.25) is 0 Å². The summed E-state index contributed by atoms with van der Waals surface area (Å²) >= 11 is 1.84. The third-order valence-electron chi connectivity index (χ3n) is 2.25. The van der Waals surface area contributed by atoms with Crippen LogP contribution < -0.4 is 10.6 Å². The Bertz CT molecular complexity index is 182. The molecule has 1 rings (SSSR count). The third kappa shape index (κ3) is 3.10. The van der Waals surface area contributed by atoms with E-state index < -0.39 is 0 Å². The highest BCUT2D eigenvalue weighted by atomic mass is 32.2. The van der Waals surface area contributed by atoms with Crippen molar-refractivity contribution >= 4 is 17.8 Å². The quantitative estimate of drug-likeness (QED) is 0.729. The first kappa shape index (κ1) is 10.7. The molecule has 0 radical (unpaired) electrons. The maximum Gasteiger partial charge on any atom is 0.315 e. The summed E-state index contributed by atoms with van der Waals surface area (Å²) in [7, 11) is 0. The summed E-state index contributed by atoms with van der Waals surface area (Å²) in [5.41, 5.74) is 0. The van der Waals surface area contributed by atoms with E-state index in [4.69, 9.17) is 0 Å². The van der Waals surface area contributed by atoms with Crippen LogP contribution >= 0.6 is 11.8 Å². The van der Waals surface area contributed by atoms with Crippen molar-refractivity contribution in [1.82, 2.24) is 10.6 Å². The van der Waals surface area contributed by atoms with Crippen molar-refractivity contribution in [3.8, 4) is 0 Å². The van der Waals surface area contributed by atoms with E-state index in [-0.39, 0.29) is 12.1 Å². The van der Waals surface area contributed by atoms with Gasteiger partial charge < -0.3 is 10.6 Å². The minimum Gasteiger partial charge on any atom is -0.336 e. The van der Waals surface area contributed by atoms with Gasteiger partial charge in [-0.05, 0) is 32.9 Å². The highest BCUT2D eigenvalue weighted by molar-refractivity contribution is 7.99. The van der Waals surface area contributed by atoms with Crippen LogP contribution in [0.5, 0.6) is 0 Å². The van der Waals surface area contributed by atoms with Gasteiger partial charge in [0.15, 0.2) is 0 Å². The smallest absolute Gasteiger partial charge is 0.315 e. The normalized spacial score (nSPS) is 26.8. The van der Waals surface area contributed by atoms with Gasteiger partial charge in [-0.1, -0.05) is 0 Å². The van der Waals surface area contributed by atoms with Gasteiger partial charge in [-0.15, -0.1) is 0 Å². The topological polar surface area (TPSA) is 41.1 Å². The summed E-state index contributed by atoms with van der Waals surface area (Å²) in [6, 6.07) is 0.570. The fourth-order valence-corrected chi connectivity index (χ4v) is 2.29. The van der Waals surface area contributed by atoms with Crippen molar-refractivity contribution in [2.75, 3.05) is 6.26 Å². The van der Waals surface area contributed by atoms with Crippen LogP contribution in [-0.4, -0.2) is 29.6 Å². The Morgan fingerprint density at radius 3 is 2.54 bits per heavy atom. The Kier molecular flexibility index (Phi) is 3.90. The molecule has 2 N–H and O–H groups in total. The van der Waals surface area contributed by atoms with E-state index in [1.54, 1.807) is 0 Å². The van der Waals surface area contributed by atoms with Crippen LogP contribution in [0.15, 0.2) is 0 Å². The average molecular weight is 202 g/mol. The molecule has 0 heterocycles. The van der Waals surface area contributed by atoms with E-state index in [1.807, 2.05) is 25.6 Å². The zero-order chi connectivity index (χ0) is 9.84. The first-order valence-corrected chi connectivity index (χ1v) is 6.02. The van der Waals surface area contributed by atoms with Gasteiger partial charge in [-0.25, -0.2) is 4.79 Å². The van der Waals surface area contributed by atoms with Crippen LogP contribution in [0.3, 0.4) is 0 Å². The molecule has 0 aliphatic heterocycles. The van der Waals surface area contributed by atoms with Crippen molar-refractivity contribution in [3.63, 3.8) is 0 Å². The number of carbonyl (C=O) groups is 1. The Morgan fingerprint density at radius 1 is 1.46 bits per heavy atom. The van der Waals surface area contributed by atoms with Crippen LogP contribution in [0.4, 0.5) is 4.79 Å². The van der Waals surface area contributed by atoms with Crippen molar-refractivity contribution in [2.24, 2.45) is 0 Å². The number of nitrogens with one attached hydrogen (secondary N) is 2. The molecule has 1 aliphatic rings. The second kappa shape index (κ2) is 4.74. The van der Waals surface area contributed by atoms with Gasteiger partial charge in [0.05, 0.1) is 0 Å². The maximum atomic E-state index is 11.3. The summed E-state index contributed by atoms with van der Waals surface area (Å²) in [5.74, 6) is 0. The molecule has 2 atom stereocenters. The fourth-order valence-electron chi connectivity index (χ4n) is 1.39. The molecule has 3 nitrogen and oxygen atoms in total. The Morgan fingerprint density at radius 2 is 2.15 bits per heavy atom. The zero-order valence-corrected chi connectivity index (χ0v) is 9.28. The first-order chi connectivity index (χ1) is 6.13. The predicted octanol–water partition coefficient (Wildman–Crippen LogP) is 1.59. The lowest BCUT2D eigenvalue weighted by Gasteiger charge is -2.35. The van der Waals surface area contributed by atoms with E-state index in [1.165, 1.54) is 6.42 Å². The lowest BCUT2D eigenvalue weighted by atomic mass is 9.92. The summed E-state index contributed by atoms with van der Waals surface area (Å²) in [4.78, 5) is 11.3. The van der Waals surface area contributed by atoms with Crippen LogP contribution in [0.1, 0.15) is 26.7 Å². The largest absolute Gasteiger partial charge is 0.336 e. The van der Waals surface area contributed by atoms with Crippen molar-refractivity contribution < 1.29 is 4.79 Å². The van der Waals surface area contributed by atoms with Crippen molar-refractivity contribution in [1.29, 1.82) is 0 Å². The van der Waals surface area contributed by atoms with E-state index in [9.17, 15) is 4.79 Å². The van der Waals surface area contributed by atoms with Crippen molar-refractivity contribution in [3.05, 3.63) is 0 Å². The SMILES string of the molecule is CSC1CCC1NC(=O)NC(C)C. The molecular weight excluding hydrogens is 184 g/mol. The van der Waals surface area contributed by atoms with Gasteiger partial charge in [0, 0.05) is 17.3 Å². The minimum absolute atomic E-state index is 0.0289. The molecule has 1 fully saturated rings. The van der Waals surface area contributed by atoms with Gasteiger partial charge in [0.2, 0.25) is 0 Å². The number of urea groups is 1. The number of hydrogen-bond donors (Lipinski definition) is 2. The van der Waals surface area contributed by atoms with Gasteiger partial charge in [0.1, 0.15) is 0 Å². The lowest BCUT2D eigenvalue weighted by molar-refractivity contribution is 0.227. The van der Waals surface area contributed by atoms with Gasteiger partial charge >= 0.3 is 6.03 Å². The summed E-state index contributed by atoms with van der Waals surface area (Å²) < 4.78 is 0. The summed E-state index contributed by atoms with van der Waals surface area (Å²) in [6.07, 6.45) is 4.45. The molecule has 2 amide bonds. The number of amides is 2. The van der Waals surface area contributed by atoms with E-state index >= 15 is 0 Å². The minimum atomic E-state index is -0.0289. The average Bonchev–Trinajstić information content (AvgIpc) is 1.98. The molecule has 1 aliphatic carbocycles. The standard InChI is InChI=1S/C9H18N2OS/c1-6(2)10-9(12)11-7-4-5-8(7)13-3/h6-8H,4-5H2,1-3H3,(H2,10,11,12). The third-order valence-corrected chi connectivity index (χ3v) is 3.42. The highest BCUT2D eigenvalue weighted by Crippen LogP contribution is 2.29. The number of carbonyl (C=O) groups excluding carboxylic acids is 1. The second-order valence-corrected chi connectivity index (χ2v) is 4.81. The molecule has 0 aromatic carbocycles. The number of rotatable bonds is 3. The van der Waals surface area contributed by atoms with Gasteiger partial charge in [0.25, 0.3) is 0 Å². The van der Waals surface area contributed by atoms with E-state index in [2.05, 4.69) is 16.9 Å². The zero-order valence-electron chi connectivity index (χ0n) is 8.46. The molecule has 13 heavy (non-hydrogen) atoms. The van der Waals surface area contributed by atoms with E-state index in [0.717, 1.165) is 6.42 Å². The molecular formula is C9H18N2OS. The Labute approximate surface area is 84.0 Å². The summed E-state index contributed by atoms with van der Waals surface area (Å²) in [6.45, 7) is 3.93. The lowest BCUT2D eigenvalue weighted by Crippen LogP contribution is -2.52. The number of hydrogen-bond acceptors (Lipinski definition) is 2. The Hall–Kier alpha value is -0.380. The van der Waals surface area contributed by atoms with Crippen LogP contribution in [0.2, 0.25) is 0 Å². The molecule has 76 valence electrons. The fraction of sp³-hybridized carbons (Fsp3) is 0.889. The molecule has 0 bridgehead atoms. The summed E-state index contributed by atoms with van der Waals surface area (Å²) in [5, 5.41) is 6.43. The second-order valence-electron chi connectivity index (χ2n) is 3.73. The monoisotopic (exact) mass is 202 g/mol. The molecule has 1 saturated carbocycles. The molecule has 4 heteroatoms. The van der Waals surface area contributed by atoms with Gasteiger partial charge in [-0.2, -0.15) is 11.8 Å². The molecule has 0 aromatic heterocycles. The number of thioether (sulfide) groups is 1. The van der Waals surface area contributed by atoms with Crippen molar-refractivity contribution in [2.45, 2.75) is 44.0 Å². The molecule has 0 saturated heterocycles.